The third kappa shape index (κ3) is 10.2. The van der Waals surface area contributed by atoms with Gasteiger partial charge in [-0.15, -0.1) is 0 Å². The lowest BCUT2D eigenvalue weighted by Crippen LogP contribution is -2.59. The highest BCUT2D eigenvalue weighted by Gasteiger charge is 2.33. The van der Waals surface area contributed by atoms with Gasteiger partial charge in [0.25, 0.3) is 0 Å². The van der Waals surface area contributed by atoms with E-state index in [9.17, 15) is 28.8 Å². The number of nitrogens with two attached hydrogens (primary N) is 1. The van der Waals surface area contributed by atoms with Gasteiger partial charge in [0.05, 0.1) is 13.0 Å². The number of aliphatic carboxylic acids is 3. The Morgan fingerprint density at radius 1 is 0.844 bits per heavy atom. The van der Waals surface area contributed by atoms with Gasteiger partial charge in [0, 0.05) is 6.42 Å². The van der Waals surface area contributed by atoms with E-state index in [1.807, 2.05) is 5.32 Å². The largest absolute Gasteiger partial charge is 0.481 e. The van der Waals surface area contributed by atoms with E-state index < -0.39 is 91.6 Å². The summed E-state index contributed by atoms with van der Waals surface area (Å²) in [6.45, 7) is 2.67. The molecule has 0 fully saturated rings. The second-order valence-electron chi connectivity index (χ2n) is 7.15. The summed E-state index contributed by atoms with van der Waals surface area (Å²) in [6, 6.07) is -5.83. The molecule has 0 aliphatic rings. The Hall–Kier alpha value is -3.26. The summed E-state index contributed by atoms with van der Waals surface area (Å²) in [5.41, 5.74) is 5.43. The molecule has 0 spiro atoms. The quantitative estimate of drug-likeness (QED) is 0.124. The molecular weight excluding hydrogens is 432 g/mol. The van der Waals surface area contributed by atoms with Gasteiger partial charge in [-0.3, -0.25) is 24.0 Å². The Labute approximate surface area is 183 Å². The average Bonchev–Trinajstić information content (AvgIpc) is 2.71. The summed E-state index contributed by atoms with van der Waals surface area (Å²) in [5, 5.41) is 42.4. The van der Waals surface area contributed by atoms with E-state index in [-0.39, 0.29) is 0 Å². The highest BCUT2D eigenvalue weighted by atomic mass is 16.4. The maximum absolute atomic E-state index is 12.8. The topological polar surface area (TPSA) is 245 Å². The van der Waals surface area contributed by atoms with E-state index in [1.165, 1.54) is 0 Å². The van der Waals surface area contributed by atoms with Crippen molar-refractivity contribution in [3.05, 3.63) is 0 Å². The van der Waals surface area contributed by atoms with E-state index in [0.29, 0.717) is 6.42 Å². The molecule has 14 heteroatoms. The smallest absolute Gasteiger partial charge is 0.326 e. The van der Waals surface area contributed by atoms with Crippen LogP contribution < -0.4 is 21.7 Å². The molecule has 0 rings (SSSR count). The van der Waals surface area contributed by atoms with Crippen molar-refractivity contribution in [2.45, 2.75) is 63.7 Å². The van der Waals surface area contributed by atoms with Crippen molar-refractivity contribution in [3.8, 4) is 0 Å². The molecule has 3 amide bonds. The van der Waals surface area contributed by atoms with Crippen LogP contribution in [0.25, 0.3) is 0 Å². The number of amides is 3. The molecule has 5 atom stereocenters. The van der Waals surface area contributed by atoms with Crippen LogP contribution in [0, 0.1) is 5.92 Å². The number of aliphatic hydroxyl groups is 1. The number of carbonyl (C=O) groups is 6. The number of carboxylic acids is 3. The number of hydrogen-bond acceptors (Lipinski definition) is 8. The van der Waals surface area contributed by atoms with Crippen LogP contribution in [0.4, 0.5) is 0 Å². The van der Waals surface area contributed by atoms with Crippen LogP contribution in [-0.2, 0) is 28.8 Å². The van der Waals surface area contributed by atoms with Crippen molar-refractivity contribution in [1.29, 1.82) is 0 Å². The Morgan fingerprint density at radius 2 is 1.41 bits per heavy atom. The van der Waals surface area contributed by atoms with Crippen molar-refractivity contribution in [2.75, 3.05) is 6.61 Å². The Bertz CT molecular complexity index is 714. The molecule has 5 unspecified atom stereocenters. The van der Waals surface area contributed by atoms with E-state index in [4.69, 9.17) is 26.2 Å². The molecule has 0 aromatic heterocycles. The third-order valence-corrected chi connectivity index (χ3v) is 4.60. The normalized spacial score (nSPS) is 15.4. The van der Waals surface area contributed by atoms with Crippen LogP contribution >= 0.6 is 0 Å². The number of carboxylic acid groups (broad SMARTS) is 3. The molecule has 182 valence electrons. The second-order valence-corrected chi connectivity index (χ2v) is 7.15. The Morgan fingerprint density at radius 3 is 1.84 bits per heavy atom. The van der Waals surface area contributed by atoms with E-state index in [0.717, 1.165) is 0 Å². The van der Waals surface area contributed by atoms with Crippen LogP contribution in [0.15, 0.2) is 0 Å². The minimum atomic E-state index is -1.81. The summed E-state index contributed by atoms with van der Waals surface area (Å²) < 4.78 is 0. The molecule has 0 aliphatic carbocycles. The van der Waals surface area contributed by atoms with Crippen molar-refractivity contribution >= 4 is 35.6 Å². The highest BCUT2D eigenvalue weighted by Crippen LogP contribution is 2.10. The molecule has 0 radical (unpaired) electrons. The molecule has 0 heterocycles. The zero-order valence-electron chi connectivity index (χ0n) is 17.7. The maximum atomic E-state index is 12.8. The van der Waals surface area contributed by atoms with Gasteiger partial charge < -0.3 is 42.1 Å². The zero-order valence-corrected chi connectivity index (χ0v) is 17.7. The highest BCUT2D eigenvalue weighted by molar-refractivity contribution is 5.95. The van der Waals surface area contributed by atoms with Gasteiger partial charge in [-0.05, 0) is 12.3 Å². The predicted molar refractivity (Wildman–Crippen MR) is 107 cm³/mol. The first-order valence-corrected chi connectivity index (χ1v) is 9.77. The second kappa shape index (κ2) is 13.9. The van der Waals surface area contributed by atoms with E-state index in [1.54, 1.807) is 13.8 Å². The summed E-state index contributed by atoms with van der Waals surface area (Å²) in [7, 11) is 0. The van der Waals surface area contributed by atoms with Crippen molar-refractivity contribution in [2.24, 2.45) is 11.7 Å². The third-order valence-electron chi connectivity index (χ3n) is 4.60. The number of carbonyl (C=O) groups excluding carboxylic acids is 3. The zero-order chi connectivity index (χ0) is 25.0. The van der Waals surface area contributed by atoms with Crippen LogP contribution in [0.1, 0.15) is 39.5 Å². The number of aliphatic hydroxyl groups excluding tert-OH is 1. The van der Waals surface area contributed by atoms with Gasteiger partial charge in [0.15, 0.2) is 0 Å². The van der Waals surface area contributed by atoms with Gasteiger partial charge in [-0.25, -0.2) is 4.79 Å². The van der Waals surface area contributed by atoms with Gasteiger partial charge in [0.1, 0.15) is 24.2 Å². The molecular formula is C18H30N4O10. The first kappa shape index (κ1) is 28.7. The Kier molecular flexibility index (Phi) is 12.5. The van der Waals surface area contributed by atoms with Crippen LogP contribution in [0.2, 0.25) is 0 Å². The van der Waals surface area contributed by atoms with Gasteiger partial charge >= 0.3 is 17.9 Å². The Balaban J connectivity index is 5.61. The van der Waals surface area contributed by atoms with Gasteiger partial charge in [0.2, 0.25) is 17.7 Å². The molecule has 0 aromatic carbocycles. The summed E-state index contributed by atoms with van der Waals surface area (Å²) >= 11 is 0. The monoisotopic (exact) mass is 462 g/mol. The summed E-state index contributed by atoms with van der Waals surface area (Å²) in [4.78, 5) is 70.2. The molecule has 0 aromatic rings. The van der Waals surface area contributed by atoms with E-state index >= 15 is 0 Å². The molecule has 0 saturated heterocycles. The predicted octanol–water partition coefficient (Wildman–Crippen LogP) is -2.77. The number of rotatable bonds is 15. The van der Waals surface area contributed by atoms with Gasteiger partial charge in [-0.1, -0.05) is 20.3 Å². The van der Waals surface area contributed by atoms with Gasteiger partial charge in [-0.2, -0.15) is 0 Å². The van der Waals surface area contributed by atoms with Crippen molar-refractivity contribution in [1.82, 2.24) is 16.0 Å². The number of hydrogen-bond donors (Lipinski definition) is 8. The SMILES string of the molecule is CCC(C)C(NC(=O)C(N)CO)C(=O)NC(CCC(=O)O)C(=O)NC(CC(=O)O)C(=O)O. The maximum Gasteiger partial charge on any atom is 0.326 e. The lowest BCUT2D eigenvalue weighted by atomic mass is 9.97. The average molecular weight is 462 g/mol. The molecule has 14 nitrogen and oxygen atoms in total. The molecule has 0 aliphatic heterocycles. The van der Waals surface area contributed by atoms with E-state index in [2.05, 4.69) is 10.6 Å². The molecule has 0 saturated carbocycles. The standard InChI is InChI=1S/C18H30N4O10/c1-3-8(2)14(22-15(28)9(19)7-23)17(30)20-10(4-5-12(24)25)16(29)21-11(18(31)32)6-13(26)27/h8-11,14,23H,3-7,19H2,1-2H3,(H,20,30)(H,21,29)(H,22,28)(H,24,25)(H,26,27)(H,31,32). The fourth-order valence-electron chi connectivity index (χ4n) is 2.49. The van der Waals surface area contributed by atoms with Crippen LogP contribution in [-0.4, -0.2) is 86.8 Å². The molecule has 0 bridgehead atoms. The van der Waals surface area contributed by atoms with Crippen molar-refractivity contribution < 1.29 is 49.2 Å². The fourth-order valence-corrected chi connectivity index (χ4v) is 2.49. The lowest BCUT2D eigenvalue weighted by Gasteiger charge is -2.27. The summed E-state index contributed by atoms with van der Waals surface area (Å²) in [5.74, 6) is -7.67. The van der Waals surface area contributed by atoms with Crippen molar-refractivity contribution in [3.63, 3.8) is 0 Å². The first-order chi connectivity index (χ1) is 14.8. The van der Waals surface area contributed by atoms with Crippen LogP contribution in [0.5, 0.6) is 0 Å². The number of nitrogens with one attached hydrogen (secondary N) is 3. The summed E-state index contributed by atoms with van der Waals surface area (Å²) in [6.07, 6.45) is -1.52. The minimum Gasteiger partial charge on any atom is -0.481 e. The molecule has 9 N–H and O–H groups in total. The lowest BCUT2D eigenvalue weighted by molar-refractivity contribution is -0.147. The fraction of sp³-hybridized carbons (Fsp3) is 0.667. The first-order valence-electron chi connectivity index (χ1n) is 9.77. The molecule has 32 heavy (non-hydrogen) atoms. The van der Waals surface area contributed by atoms with Crippen LogP contribution in [0.3, 0.4) is 0 Å². The minimum absolute atomic E-state index is 0.415.